The molecule has 0 spiro atoms. The number of aliphatic imine (C=N–C) groups is 1. The van der Waals surface area contributed by atoms with Crippen LogP contribution in [-0.2, 0) is 18.2 Å². The fourth-order valence-electron chi connectivity index (χ4n) is 2.00. The van der Waals surface area contributed by atoms with Crippen molar-refractivity contribution in [1.82, 2.24) is 20.4 Å². The summed E-state index contributed by atoms with van der Waals surface area (Å²) in [5.41, 5.74) is 1.28. The molecule has 0 aromatic carbocycles. The van der Waals surface area contributed by atoms with Gasteiger partial charge in [-0.25, -0.2) is 0 Å². The van der Waals surface area contributed by atoms with Crippen LogP contribution in [0.2, 0.25) is 0 Å². The smallest absolute Gasteiger partial charge is 0.190 e. The molecule has 0 aliphatic rings. The quantitative estimate of drug-likeness (QED) is 0.388. The maximum atomic E-state index is 5.31. The third-order valence-corrected chi connectivity index (χ3v) is 3.13. The maximum Gasteiger partial charge on any atom is 0.190 e. The fraction of sp³-hybridized carbons (Fsp3) is 0.733. The molecule has 0 saturated heterocycles. The van der Waals surface area contributed by atoms with Crippen LogP contribution in [0.3, 0.4) is 0 Å². The summed E-state index contributed by atoms with van der Waals surface area (Å²) in [4.78, 5) is 4.22. The van der Waals surface area contributed by atoms with Gasteiger partial charge in [0.1, 0.15) is 0 Å². The van der Waals surface area contributed by atoms with E-state index in [-0.39, 0.29) is 0 Å². The van der Waals surface area contributed by atoms with Crippen molar-refractivity contribution >= 4 is 5.96 Å². The first-order valence-electron chi connectivity index (χ1n) is 7.76. The molecule has 0 unspecified atom stereocenters. The first-order valence-corrected chi connectivity index (χ1v) is 7.76. The van der Waals surface area contributed by atoms with Crippen LogP contribution in [0.1, 0.15) is 31.7 Å². The number of nitrogens with zero attached hydrogens (tertiary/aromatic N) is 3. The molecule has 0 amide bonds. The van der Waals surface area contributed by atoms with Gasteiger partial charge in [-0.05, 0) is 38.2 Å². The van der Waals surface area contributed by atoms with Gasteiger partial charge in [-0.15, -0.1) is 0 Å². The Kier molecular flexibility index (Phi) is 9.28. The lowest BCUT2D eigenvalue weighted by Gasteiger charge is -2.11. The number of unbranched alkanes of at least 4 members (excludes halogenated alkanes) is 1. The predicted octanol–water partition coefficient (Wildman–Crippen LogP) is 1.33. The Morgan fingerprint density at radius 3 is 2.67 bits per heavy atom. The van der Waals surface area contributed by atoms with Gasteiger partial charge in [0.15, 0.2) is 5.96 Å². The van der Waals surface area contributed by atoms with Gasteiger partial charge < -0.3 is 15.4 Å². The Balaban J connectivity index is 2.03. The van der Waals surface area contributed by atoms with E-state index >= 15 is 0 Å². The summed E-state index contributed by atoms with van der Waals surface area (Å²) in [6.07, 6.45) is 8.26. The van der Waals surface area contributed by atoms with Crippen molar-refractivity contribution in [1.29, 1.82) is 0 Å². The Bertz CT molecular complexity index is 403. The molecule has 0 bridgehead atoms. The summed E-state index contributed by atoms with van der Waals surface area (Å²) in [6.45, 7) is 5.50. The highest BCUT2D eigenvalue weighted by Crippen LogP contribution is 1.99. The zero-order valence-electron chi connectivity index (χ0n) is 13.6. The number of aryl methyl sites for hydroxylation is 2. The molecule has 0 aliphatic carbocycles. The molecular formula is C15H29N5O. The van der Waals surface area contributed by atoms with Crippen LogP contribution < -0.4 is 10.6 Å². The van der Waals surface area contributed by atoms with Gasteiger partial charge in [-0.3, -0.25) is 9.67 Å². The molecule has 21 heavy (non-hydrogen) atoms. The molecule has 120 valence electrons. The standard InChI is InChI=1S/C15H29N5O/c1-4-21-11-6-5-9-17-15(16-2)18-10-7-8-14-12-19-20(3)13-14/h12-13H,4-11H2,1-3H3,(H2,16,17,18). The molecule has 0 aliphatic heterocycles. The summed E-state index contributed by atoms with van der Waals surface area (Å²) < 4.78 is 7.15. The zero-order chi connectivity index (χ0) is 15.3. The van der Waals surface area contributed by atoms with Gasteiger partial charge in [0.25, 0.3) is 0 Å². The second-order valence-corrected chi connectivity index (χ2v) is 4.96. The van der Waals surface area contributed by atoms with Crippen molar-refractivity contribution in [3.05, 3.63) is 18.0 Å². The number of hydrogen-bond acceptors (Lipinski definition) is 3. The SMILES string of the molecule is CCOCCCCNC(=NC)NCCCc1cnn(C)c1. The fourth-order valence-corrected chi connectivity index (χ4v) is 2.00. The molecule has 1 rings (SSSR count). The molecule has 1 heterocycles. The maximum absolute atomic E-state index is 5.31. The van der Waals surface area contributed by atoms with Crippen molar-refractivity contribution in [2.75, 3.05) is 33.4 Å². The van der Waals surface area contributed by atoms with Crippen LogP contribution in [0.5, 0.6) is 0 Å². The highest BCUT2D eigenvalue weighted by molar-refractivity contribution is 5.79. The first kappa shape index (κ1) is 17.5. The molecule has 1 aromatic rings. The number of rotatable bonds is 10. The Morgan fingerprint density at radius 2 is 2.05 bits per heavy atom. The molecule has 0 fully saturated rings. The molecule has 1 aromatic heterocycles. The first-order chi connectivity index (χ1) is 10.3. The van der Waals surface area contributed by atoms with E-state index in [9.17, 15) is 0 Å². The molecule has 6 heteroatoms. The van der Waals surface area contributed by atoms with Gasteiger partial charge in [-0.1, -0.05) is 0 Å². The van der Waals surface area contributed by atoms with Crippen molar-refractivity contribution in [3.8, 4) is 0 Å². The summed E-state index contributed by atoms with van der Waals surface area (Å²) in [5, 5.41) is 10.8. The summed E-state index contributed by atoms with van der Waals surface area (Å²) in [7, 11) is 3.75. The Morgan fingerprint density at radius 1 is 1.29 bits per heavy atom. The van der Waals surface area contributed by atoms with Gasteiger partial charge in [0.2, 0.25) is 0 Å². The van der Waals surface area contributed by atoms with Gasteiger partial charge in [0, 0.05) is 46.6 Å². The second kappa shape index (κ2) is 11.1. The lowest BCUT2D eigenvalue weighted by molar-refractivity contribution is 0.143. The monoisotopic (exact) mass is 295 g/mol. The van der Waals surface area contributed by atoms with Gasteiger partial charge >= 0.3 is 0 Å². The van der Waals surface area contributed by atoms with Crippen LogP contribution in [0.25, 0.3) is 0 Å². The lowest BCUT2D eigenvalue weighted by Crippen LogP contribution is -2.38. The normalized spacial score (nSPS) is 11.7. The van der Waals surface area contributed by atoms with E-state index in [0.29, 0.717) is 0 Å². The van der Waals surface area contributed by atoms with Crippen molar-refractivity contribution < 1.29 is 4.74 Å². The minimum atomic E-state index is 0.799. The van der Waals surface area contributed by atoms with Crippen LogP contribution in [0.4, 0.5) is 0 Å². The number of guanidine groups is 1. The summed E-state index contributed by atoms with van der Waals surface area (Å²) in [6, 6.07) is 0. The minimum Gasteiger partial charge on any atom is -0.382 e. The van der Waals surface area contributed by atoms with Crippen LogP contribution >= 0.6 is 0 Å². The van der Waals surface area contributed by atoms with Crippen LogP contribution in [0.15, 0.2) is 17.4 Å². The zero-order valence-corrected chi connectivity index (χ0v) is 13.6. The average molecular weight is 295 g/mol. The van der Waals surface area contributed by atoms with Crippen molar-refractivity contribution in [2.24, 2.45) is 12.0 Å². The second-order valence-electron chi connectivity index (χ2n) is 4.96. The van der Waals surface area contributed by atoms with E-state index < -0.39 is 0 Å². The predicted molar refractivity (Wildman–Crippen MR) is 86.6 cm³/mol. The summed E-state index contributed by atoms with van der Waals surface area (Å²) in [5.74, 6) is 0.873. The molecule has 6 nitrogen and oxygen atoms in total. The molecule has 0 saturated carbocycles. The largest absolute Gasteiger partial charge is 0.382 e. The number of nitrogens with one attached hydrogen (secondary N) is 2. The van der Waals surface area contributed by atoms with Crippen LogP contribution in [0, 0.1) is 0 Å². The van der Waals surface area contributed by atoms with E-state index in [1.54, 1.807) is 7.05 Å². The highest BCUT2D eigenvalue weighted by atomic mass is 16.5. The van der Waals surface area contributed by atoms with E-state index in [4.69, 9.17) is 4.74 Å². The minimum absolute atomic E-state index is 0.799. The molecular weight excluding hydrogens is 266 g/mol. The number of hydrogen-bond donors (Lipinski definition) is 2. The molecule has 0 radical (unpaired) electrons. The van der Waals surface area contributed by atoms with Crippen molar-refractivity contribution in [3.63, 3.8) is 0 Å². The lowest BCUT2D eigenvalue weighted by atomic mass is 10.2. The van der Waals surface area contributed by atoms with Gasteiger partial charge in [-0.2, -0.15) is 5.10 Å². The average Bonchev–Trinajstić information content (AvgIpc) is 2.90. The Hall–Kier alpha value is -1.56. The third kappa shape index (κ3) is 8.34. The molecule has 2 N–H and O–H groups in total. The molecule has 0 atom stereocenters. The van der Waals surface area contributed by atoms with Crippen LogP contribution in [-0.4, -0.2) is 49.1 Å². The number of aromatic nitrogens is 2. The highest BCUT2D eigenvalue weighted by Gasteiger charge is 1.99. The van der Waals surface area contributed by atoms with E-state index in [2.05, 4.69) is 26.9 Å². The van der Waals surface area contributed by atoms with E-state index in [1.807, 2.05) is 24.9 Å². The summed E-state index contributed by atoms with van der Waals surface area (Å²) >= 11 is 0. The Labute approximate surface area is 128 Å². The van der Waals surface area contributed by atoms with Crippen molar-refractivity contribution in [2.45, 2.75) is 32.6 Å². The third-order valence-electron chi connectivity index (χ3n) is 3.13. The number of ether oxygens (including phenoxy) is 1. The van der Waals surface area contributed by atoms with Gasteiger partial charge in [0.05, 0.1) is 6.20 Å². The van der Waals surface area contributed by atoms with E-state index in [1.165, 1.54) is 5.56 Å². The van der Waals surface area contributed by atoms with E-state index in [0.717, 1.165) is 57.9 Å². The topological polar surface area (TPSA) is 63.5 Å².